The quantitative estimate of drug-likeness (QED) is 0.826. The van der Waals surface area contributed by atoms with Crippen LogP contribution in [-0.2, 0) is 9.53 Å². The Kier molecular flexibility index (Phi) is 4.29. The summed E-state index contributed by atoms with van der Waals surface area (Å²) in [5.74, 6) is 1.57. The molecule has 8 nitrogen and oxygen atoms in total. The summed E-state index contributed by atoms with van der Waals surface area (Å²) in [4.78, 5) is 16.0. The minimum atomic E-state index is -0.254. The van der Waals surface area contributed by atoms with Crippen LogP contribution in [0, 0.1) is 5.92 Å². The number of rotatable bonds is 3. The van der Waals surface area contributed by atoms with E-state index in [-0.39, 0.29) is 18.1 Å². The molecule has 4 heterocycles. The fourth-order valence-electron chi connectivity index (χ4n) is 3.87. The zero-order chi connectivity index (χ0) is 17.4. The van der Waals surface area contributed by atoms with E-state index in [1.165, 1.54) is 0 Å². The fourth-order valence-corrected chi connectivity index (χ4v) is 3.87. The molecule has 0 aromatic carbocycles. The SMILES string of the molecule is CN(C)C(=O)[C@H]1CC[C@@H](C2CCN(c3ccc4nncn4n3)CC2)O1. The van der Waals surface area contributed by atoms with Gasteiger partial charge in [-0.25, -0.2) is 0 Å². The molecule has 4 rings (SSSR count). The number of carbonyl (C=O) groups is 1. The standard InChI is InChI=1S/C17H24N6O2/c1-21(2)17(24)14-4-3-13(25-14)12-7-9-22(10-8-12)16-6-5-15-19-18-11-23(15)20-16/h5-6,11-14H,3-4,7-10H2,1-2H3/t13-,14+/m0/s1. The van der Waals surface area contributed by atoms with Crippen molar-refractivity contribution in [2.45, 2.75) is 37.9 Å². The number of nitrogens with zero attached hydrogens (tertiary/aromatic N) is 6. The highest BCUT2D eigenvalue weighted by Gasteiger charge is 2.37. The number of hydrogen-bond acceptors (Lipinski definition) is 6. The summed E-state index contributed by atoms with van der Waals surface area (Å²) in [7, 11) is 3.58. The van der Waals surface area contributed by atoms with Crippen molar-refractivity contribution in [3.63, 3.8) is 0 Å². The molecule has 2 saturated heterocycles. The van der Waals surface area contributed by atoms with Crippen molar-refractivity contribution in [2.75, 3.05) is 32.1 Å². The van der Waals surface area contributed by atoms with E-state index in [9.17, 15) is 4.79 Å². The van der Waals surface area contributed by atoms with Crippen LogP contribution >= 0.6 is 0 Å². The van der Waals surface area contributed by atoms with Crippen molar-refractivity contribution in [2.24, 2.45) is 5.92 Å². The van der Waals surface area contributed by atoms with Gasteiger partial charge in [0.15, 0.2) is 5.65 Å². The molecule has 0 radical (unpaired) electrons. The maximum Gasteiger partial charge on any atom is 0.251 e. The van der Waals surface area contributed by atoms with E-state index < -0.39 is 0 Å². The predicted molar refractivity (Wildman–Crippen MR) is 92.3 cm³/mol. The third-order valence-electron chi connectivity index (χ3n) is 5.31. The Morgan fingerprint density at radius 2 is 2.00 bits per heavy atom. The summed E-state index contributed by atoms with van der Waals surface area (Å²) in [6, 6.07) is 3.95. The van der Waals surface area contributed by atoms with Gasteiger partial charge in [-0.3, -0.25) is 4.79 Å². The molecule has 0 saturated carbocycles. The van der Waals surface area contributed by atoms with Gasteiger partial charge in [0.05, 0.1) is 6.10 Å². The number of hydrogen-bond donors (Lipinski definition) is 0. The van der Waals surface area contributed by atoms with Gasteiger partial charge in [-0.05, 0) is 43.7 Å². The van der Waals surface area contributed by atoms with E-state index in [4.69, 9.17) is 4.74 Å². The van der Waals surface area contributed by atoms with E-state index >= 15 is 0 Å². The van der Waals surface area contributed by atoms with Crippen LogP contribution in [0.15, 0.2) is 18.5 Å². The number of amides is 1. The third-order valence-corrected chi connectivity index (χ3v) is 5.31. The molecule has 0 N–H and O–H groups in total. The summed E-state index contributed by atoms with van der Waals surface area (Å²) in [6.45, 7) is 1.91. The van der Waals surface area contributed by atoms with Gasteiger partial charge in [-0.2, -0.15) is 4.52 Å². The van der Waals surface area contributed by atoms with Crippen molar-refractivity contribution in [1.82, 2.24) is 24.7 Å². The molecule has 8 heteroatoms. The minimum absolute atomic E-state index is 0.0892. The molecule has 2 aromatic rings. The molecule has 25 heavy (non-hydrogen) atoms. The molecule has 0 spiro atoms. The van der Waals surface area contributed by atoms with Crippen LogP contribution < -0.4 is 4.90 Å². The second kappa shape index (κ2) is 6.59. The first-order valence-electron chi connectivity index (χ1n) is 8.90. The van der Waals surface area contributed by atoms with Crippen molar-refractivity contribution < 1.29 is 9.53 Å². The molecule has 2 aliphatic rings. The molecule has 0 unspecified atom stereocenters. The Bertz CT molecular complexity index is 752. The molecule has 0 aliphatic carbocycles. The van der Waals surface area contributed by atoms with Crippen LogP contribution in [-0.4, -0.2) is 70.0 Å². The van der Waals surface area contributed by atoms with Gasteiger partial charge in [-0.1, -0.05) is 0 Å². The molecule has 0 bridgehead atoms. The molecular weight excluding hydrogens is 320 g/mol. The average molecular weight is 344 g/mol. The monoisotopic (exact) mass is 344 g/mol. The molecule has 1 amide bonds. The van der Waals surface area contributed by atoms with E-state index in [1.807, 2.05) is 12.1 Å². The Morgan fingerprint density at radius 3 is 2.76 bits per heavy atom. The molecule has 2 aliphatic heterocycles. The van der Waals surface area contributed by atoms with Gasteiger partial charge in [-0.15, -0.1) is 15.3 Å². The van der Waals surface area contributed by atoms with Crippen molar-refractivity contribution in [1.29, 1.82) is 0 Å². The Labute approximate surface area is 146 Å². The van der Waals surface area contributed by atoms with Gasteiger partial charge in [0.2, 0.25) is 0 Å². The number of aromatic nitrogens is 4. The van der Waals surface area contributed by atoms with Crippen LogP contribution in [0.1, 0.15) is 25.7 Å². The summed E-state index contributed by atoms with van der Waals surface area (Å²) in [5.41, 5.74) is 0.759. The lowest BCUT2D eigenvalue weighted by Gasteiger charge is -2.35. The van der Waals surface area contributed by atoms with Crippen molar-refractivity contribution >= 4 is 17.4 Å². The number of carbonyl (C=O) groups excluding carboxylic acids is 1. The summed E-state index contributed by atoms with van der Waals surface area (Å²) >= 11 is 0. The van der Waals surface area contributed by atoms with Gasteiger partial charge < -0.3 is 14.5 Å². The molecule has 2 aromatic heterocycles. The Morgan fingerprint density at radius 1 is 1.20 bits per heavy atom. The normalized spacial score (nSPS) is 24.8. The lowest BCUT2D eigenvalue weighted by molar-refractivity contribution is -0.141. The van der Waals surface area contributed by atoms with Crippen LogP contribution in [0.4, 0.5) is 5.82 Å². The van der Waals surface area contributed by atoms with Gasteiger partial charge >= 0.3 is 0 Å². The highest BCUT2D eigenvalue weighted by molar-refractivity contribution is 5.80. The van der Waals surface area contributed by atoms with E-state index in [0.717, 1.165) is 50.2 Å². The van der Waals surface area contributed by atoms with Crippen LogP contribution in [0.5, 0.6) is 0 Å². The largest absolute Gasteiger partial charge is 0.365 e. The van der Waals surface area contributed by atoms with E-state index in [2.05, 4.69) is 20.2 Å². The second-order valence-corrected chi connectivity index (χ2v) is 7.12. The van der Waals surface area contributed by atoms with Gasteiger partial charge in [0, 0.05) is 27.2 Å². The number of ether oxygens (including phenoxy) is 1. The molecular formula is C17H24N6O2. The van der Waals surface area contributed by atoms with Gasteiger partial charge in [0.25, 0.3) is 5.91 Å². The molecule has 2 fully saturated rings. The first kappa shape index (κ1) is 16.3. The molecule has 134 valence electrons. The van der Waals surface area contributed by atoms with Crippen molar-refractivity contribution in [3.8, 4) is 0 Å². The Hall–Kier alpha value is -2.22. The van der Waals surface area contributed by atoms with E-state index in [0.29, 0.717) is 5.92 Å². The number of likely N-dealkylation sites (N-methyl/N-ethyl adjacent to an activating group) is 1. The average Bonchev–Trinajstić information content (AvgIpc) is 3.30. The number of fused-ring (bicyclic) bond motifs is 1. The zero-order valence-corrected chi connectivity index (χ0v) is 14.7. The highest BCUT2D eigenvalue weighted by atomic mass is 16.5. The number of anilines is 1. The minimum Gasteiger partial charge on any atom is -0.365 e. The fraction of sp³-hybridized carbons (Fsp3) is 0.647. The first-order chi connectivity index (χ1) is 12.1. The second-order valence-electron chi connectivity index (χ2n) is 7.12. The van der Waals surface area contributed by atoms with Crippen LogP contribution in [0.25, 0.3) is 5.65 Å². The Balaban J connectivity index is 1.35. The lowest BCUT2D eigenvalue weighted by atomic mass is 9.90. The maximum absolute atomic E-state index is 12.1. The zero-order valence-electron chi connectivity index (χ0n) is 14.7. The summed E-state index contributed by atoms with van der Waals surface area (Å²) < 4.78 is 7.77. The predicted octanol–water partition coefficient (Wildman–Crippen LogP) is 0.976. The summed E-state index contributed by atoms with van der Waals surface area (Å²) in [5, 5.41) is 12.4. The smallest absolute Gasteiger partial charge is 0.251 e. The van der Waals surface area contributed by atoms with Crippen molar-refractivity contribution in [3.05, 3.63) is 18.5 Å². The van der Waals surface area contributed by atoms with Crippen LogP contribution in [0.2, 0.25) is 0 Å². The maximum atomic E-state index is 12.1. The highest BCUT2D eigenvalue weighted by Crippen LogP contribution is 2.33. The van der Waals surface area contributed by atoms with Gasteiger partial charge in [0.1, 0.15) is 18.2 Å². The topological polar surface area (TPSA) is 75.9 Å². The lowest BCUT2D eigenvalue weighted by Crippen LogP contribution is -2.39. The summed E-state index contributed by atoms with van der Waals surface area (Å²) in [6.07, 6.45) is 5.54. The third kappa shape index (κ3) is 3.18. The molecule has 2 atom stereocenters. The van der Waals surface area contributed by atoms with Crippen LogP contribution in [0.3, 0.4) is 0 Å². The number of piperidine rings is 1. The van der Waals surface area contributed by atoms with E-state index in [1.54, 1.807) is 29.8 Å². The first-order valence-corrected chi connectivity index (χ1v) is 8.90.